The molecular formula is C14H15N5O2. The minimum Gasteiger partial charge on any atom is -0.308 e. The molecule has 0 spiro atoms. The Labute approximate surface area is 121 Å². The number of hydrogen-bond acceptors (Lipinski definition) is 6. The van der Waals surface area contributed by atoms with Crippen LogP contribution in [0.1, 0.15) is 23.2 Å². The Hall–Kier alpha value is -2.54. The summed E-state index contributed by atoms with van der Waals surface area (Å²) in [6.07, 6.45) is 2.81. The maximum Gasteiger partial charge on any atom is 0.270 e. The number of anilines is 1. The predicted octanol–water partition coefficient (Wildman–Crippen LogP) is 2.13. The number of nitro benzene ring substituents is 1. The number of aromatic nitrogens is 2. The molecule has 1 aromatic carbocycles. The van der Waals surface area contributed by atoms with E-state index in [1.165, 1.54) is 12.1 Å². The van der Waals surface area contributed by atoms with Gasteiger partial charge in [0.2, 0.25) is 0 Å². The van der Waals surface area contributed by atoms with Crippen LogP contribution < -0.4 is 11.3 Å². The average Bonchev–Trinajstić information content (AvgIpc) is 2.94. The number of fused-ring (bicyclic) bond motifs is 1. The molecule has 0 amide bonds. The van der Waals surface area contributed by atoms with Crippen molar-refractivity contribution in [3.05, 3.63) is 45.1 Å². The second-order valence-electron chi connectivity index (χ2n) is 5.08. The van der Waals surface area contributed by atoms with E-state index in [9.17, 15) is 10.1 Å². The maximum absolute atomic E-state index is 10.9. The Balaban J connectivity index is 2.17. The summed E-state index contributed by atoms with van der Waals surface area (Å²) < 4.78 is 0. The van der Waals surface area contributed by atoms with Crippen LogP contribution in [0.2, 0.25) is 0 Å². The van der Waals surface area contributed by atoms with E-state index in [0.29, 0.717) is 17.2 Å². The number of nitrogen functional groups attached to an aromatic ring is 1. The molecule has 0 saturated carbocycles. The number of nitro groups is 1. The molecule has 0 aliphatic heterocycles. The highest BCUT2D eigenvalue weighted by molar-refractivity contribution is 5.66. The van der Waals surface area contributed by atoms with E-state index in [0.717, 1.165) is 36.1 Å². The number of hydrazine groups is 1. The van der Waals surface area contributed by atoms with E-state index in [-0.39, 0.29) is 5.69 Å². The molecule has 21 heavy (non-hydrogen) atoms. The van der Waals surface area contributed by atoms with Gasteiger partial charge in [0.15, 0.2) is 5.82 Å². The molecule has 2 aromatic rings. The number of nitrogens with one attached hydrogen (secondary N) is 1. The monoisotopic (exact) mass is 285 g/mol. The molecule has 1 aromatic heterocycles. The molecule has 1 aliphatic rings. The van der Waals surface area contributed by atoms with Gasteiger partial charge in [-0.05, 0) is 31.7 Å². The van der Waals surface area contributed by atoms with Crippen LogP contribution in [0, 0.1) is 17.0 Å². The minimum atomic E-state index is -0.418. The number of non-ortho nitro benzene ring substituents is 1. The second kappa shape index (κ2) is 5.10. The van der Waals surface area contributed by atoms with Crippen LogP contribution in [0.3, 0.4) is 0 Å². The van der Waals surface area contributed by atoms with Gasteiger partial charge >= 0.3 is 0 Å². The molecule has 7 heteroatoms. The first-order chi connectivity index (χ1) is 10.1. The Bertz CT molecular complexity index is 730. The zero-order chi connectivity index (χ0) is 15.0. The fourth-order valence-electron chi connectivity index (χ4n) is 2.64. The van der Waals surface area contributed by atoms with Crippen molar-refractivity contribution in [3.63, 3.8) is 0 Å². The molecule has 0 atom stereocenters. The van der Waals surface area contributed by atoms with Gasteiger partial charge in [0.05, 0.1) is 4.92 Å². The quantitative estimate of drug-likeness (QED) is 0.508. The van der Waals surface area contributed by atoms with Crippen molar-refractivity contribution in [2.24, 2.45) is 5.84 Å². The van der Waals surface area contributed by atoms with Crippen LogP contribution in [0.5, 0.6) is 0 Å². The number of benzene rings is 1. The summed E-state index contributed by atoms with van der Waals surface area (Å²) in [5.41, 5.74) is 6.21. The van der Waals surface area contributed by atoms with E-state index in [1.54, 1.807) is 6.07 Å². The smallest absolute Gasteiger partial charge is 0.270 e. The lowest BCUT2D eigenvalue weighted by molar-refractivity contribution is -0.384. The van der Waals surface area contributed by atoms with Crippen LogP contribution in [-0.2, 0) is 12.8 Å². The van der Waals surface area contributed by atoms with E-state index < -0.39 is 4.92 Å². The number of aryl methyl sites for hydroxylation is 2. The van der Waals surface area contributed by atoms with Crippen LogP contribution in [-0.4, -0.2) is 14.9 Å². The molecule has 108 valence electrons. The zero-order valence-corrected chi connectivity index (χ0v) is 11.6. The van der Waals surface area contributed by atoms with Crippen molar-refractivity contribution >= 4 is 11.5 Å². The first-order valence-electron chi connectivity index (χ1n) is 6.72. The number of nitrogens with two attached hydrogens (primary N) is 1. The standard InChI is InChI=1S/C14H15N5O2/c1-8-5-6-9(19(20)21)7-11(8)13-16-12-4-2-3-10(12)14(17-13)18-15/h5-7H,2-4,15H2,1H3,(H,16,17,18). The molecule has 0 unspecified atom stereocenters. The molecule has 0 bridgehead atoms. The average molecular weight is 285 g/mol. The van der Waals surface area contributed by atoms with Crippen molar-refractivity contribution < 1.29 is 4.92 Å². The van der Waals surface area contributed by atoms with Crippen molar-refractivity contribution in [1.82, 2.24) is 9.97 Å². The zero-order valence-electron chi connectivity index (χ0n) is 11.6. The van der Waals surface area contributed by atoms with Crippen molar-refractivity contribution in [2.45, 2.75) is 26.2 Å². The van der Waals surface area contributed by atoms with E-state index in [4.69, 9.17) is 5.84 Å². The van der Waals surface area contributed by atoms with Gasteiger partial charge < -0.3 is 5.43 Å². The topological polar surface area (TPSA) is 107 Å². The molecule has 0 fully saturated rings. The van der Waals surface area contributed by atoms with Crippen molar-refractivity contribution in [3.8, 4) is 11.4 Å². The Morgan fingerprint density at radius 1 is 1.33 bits per heavy atom. The van der Waals surface area contributed by atoms with Gasteiger partial charge in [-0.25, -0.2) is 15.8 Å². The Kier molecular flexibility index (Phi) is 3.26. The molecule has 1 heterocycles. The van der Waals surface area contributed by atoms with Crippen LogP contribution in [0.15, 0.2) is 18.2 Å². The van der Waals surface area contributed by atoms with Crippen LogP contribution in [0.4, 0.5) is 11.5 Å². The molecule has 1 aliphatic carbocycles. The first kappa shape index (κ1) is 13.4. The summed E-state index contributed by atoms with van der Waals surface area (Å²) in [4.78, 5) is 19.5. The second-order valence-corrected chi connectivity index (χ2v) is 5.08. The summed E-state index contributed by atoms with van der Waals surface area (Å²) in [5.74, 6) is 6.62. The van der Waals surface area contributed by atoms with Crippen LogP contribution >= 0.6 is 0 Å². The predicted molar refractivity (Wildman–Crippen MR) is 78.7 cm³/mol. The fourth-order valence-corrected chi connectivity index (χ4v) is 2.64. The van der Waals surface area contributed by atoms with E-state index in [2.05, 4.69) is 15.4 Å². The number of rotatable bonds is 3. The van der Waals surface area contributed by atoms with E-state index in [1.807, 2.05) is 6.92 Å². The van der Waals surface area contributed by atoms with Gasteiger partial charge in [-0.1, -0.05) is 6.07 Å². The largest absolute Gasteiger partial charge is 0.308 e. The van der Waals surface area contributed by atoms with Gasteiger partial charge in [-0.15, -0.1) is 0 Å². The Morgan fingerprint density at radius 2 is 2.14 bits per heavy atom. The highest BCUT2D eigenvalue weighted by Gasteiger charge is 2.21. The third-order valence-corrected chi connectivity index (χ3v) is 3.74. The summed E-state index contributed by atoms with van der Waals surface area (Å²) >= 11 is 0. The molecule has 3 N–H and O–H groups in total. The molecule has 3 rings (SSSR count). The molecule has 0 radical (unpaired) electrons. The van der Waals surface area contributed by atoms with E-state index >= 15 is 0 Å². The van der Waals surface area contributed by atoms with Gasteiger partial charge in [-0.3, -0.25) is 10.1 Å². The lowest BCUT2D eigenvalue weighted by Gasteiger charge is -2.10. The molecule has 7 nitrogen and oxygen atoms in total. The highest BCUT2D eigenvalue weighted by Crippen LogP contribution is 2.31. The van der Waals surface area contributed by atoms with Gasteiger partial charge in [0.25, 0.3) is 5.69 Å². The number of nitrogens with zero attached hydrogens (tertiary/aromatic N) is 3. The van der Waals surface area contributed by atoms with Gasteiger partial charge in [0, 0.05) is 29.0 Å². The third-order valence-electron chi connectivity index (χ3n) is 3.74. The molecule has 0 saturated heterocycles. The minimum absolute atomic E-state index is 0.0296. The lowest BCUT2D eigenvalue weighted by atomic mass is 10.1. The highest BCUT2D eigenvalue weighted by atomic mass is 16.6. The Morgan fingerprint density at radius 3 is 2.86 bits per heavy atom. The first-order valence-corrected chi connectivity index (χ1v) is 6.72. The summed E-state index contributed by atoms with van der Waals surface area (Å²) in [5, 5.41) is 10.9. The van der Waals surface area contributed by atoms with Crippen molar-refractivity contribution in [2.75, 3.05) is 5.43 Å². The summed E-state index contributed by atoms with van der Waals surface area (Å²) in [7, 11) is 0. The van der Waals surface area contributed by atoms with Crippen LogP contribution in [0.25, 0.3) is 11.4 Å². The maximum atomic E-state index is 10.9. The summed E-state index contributed by atoms with van der Waals surface area (Å²) in [6, 6.07) is 4.69. The third kappa shape index (κ3) is 2.31. The fraction of sp³-hybridized carbons (Fsp3) is 0.286. The van der Waals surface area contributed by atoms with Gasteiger partial charge in [-0.2, -0.15) is 0 Å². The number of hydrogen-bond donors (Lipinski definition) is 2. The molecular weight excluding hydrogens is 270 g/mol. The van der Waals surface area contributed by atoms with Gasteiger partial charge in [0.1, 0.15) is 5.82 Å². The SMILES string of the molecule is Cc1ccc([N+](=O)[O-])cc1-c1nc2c(c(NN)n1)CCC2. The summed E-state index contributed by atoms with van der Waals surface area (Å²) in [6.45, 7) is 1.88. The van der Waals surface area contributed by atoms with Crippen molar-refractivity contribution in [1.29, 1.82) is 0 Å². The lowest BCUT2D eigenvalue weighted by Crippen LogP contribution is -2.13. The normalized spacial score (nSPS) is 13.0.